The highest BCUT2D eigenvalue weighted by molar-refractivity contribution is 8.15. The molecule has 3 aliphatic rings. The number of sulfone groups is 1. The number of rotatable bonds is 3. The largest absolute Gasteiger partial charge is 0.349 e. The van der Waals surface area contributed by atoms with Crippen molar-refractivity contribution in [2.75, 3.05) is 16.8 Å². The number of nitrogens with one attached hydrogen (secondary N) is 2. The summed E-state index contributed by atoms with van der Waals surface area (Å²) >= 11 is 1.48. The van der Waals surface area contributed by atoms with Crippen LogP contribution in [0.3, 0.4) is 0 Å². The predicted molar refractivity (Wildman–Crippen MR) is 106 cm³/mol. The van der Waals surface area contributed by atoms with Gasteiger partial charge in [-0.1, -0.05) is 37.1 Å². The van der Waals surface area contributed by atoms with Crippen molar-refractivity contribution in [3.63, 3.8) is 0 Å². The van der Waals surface area contributed by atoms with Gasteiger partial charge in [0, 0.05) is 22.5 Å². The lowest BCUT2D eigenvalue weighted by Gasteiger charge is -2.22. The maximum absolute atomic E-state index is 12.5. The Bertz CT molecular complexity index is 832. The number of amides is 1. The molecule has 0 radical (unpaired) electrons. The Morgan fingerprint density at radius 1 is 1.15 bits per heavy atom. The van der Waals surface area contributed by atoms with Crippen LogP contribution in [0, 0.1) is 0 Å². The molecule has 26 heavy (non-hydrogen) atoms. The van der Waals surface area contributed by atoms with Crippen molar-refractivity contribution in [2.45, 2.75) is 49.4 Å². The molecule has 1 aliphatic carbocycles. The van der Waals surface area contributed by atoms with Gasteiger partial charge >= 0.3 is 0 Å². The lowest BCUT2D eigenvalue weighted by Crippen LogP contribution is -2.36. The minimum atomic E-state index is -2.94. The van der Waals surface area contributed by atoms with Crippen LogP contribution in [0.5, 0.6) is 0 Å². The second-order valence-electron chi connectivity index (χ2n) is 7.25. The second kappa shape index (κ2) is 7.23. The van der Waals surface area contributed by atoms with Gasteiger partial charge in [0.25, 0.3) is 5.91 Å². The van der Waals surface area contributed by atoms with Gasteiger partial charge in [0.15, 0.2) is 15.0 Å². The highest BCUT2D eigenvalue weighted by atomic mass is 32.2. The number of benzene rings is 1. The Hall–Kier alpha value is -1.54. The number of amidine groups is 1. The summed E-state index contributed by atoms with van der Waals surface area (Å²) < 4.78 is 23.3. The summed E-state index contributed by atoms with van der Waals surface area (Å²) in [5.74, 6) is 0.296. The first-order valence-corrected chi connectivity index (χ1v) is 11.8. The molecule has 0 bridgehead atoms. The number of aliphatic imine (C=N–C) groups is 1. The van der Waals surface area contributed by atoms with Crippen molar-refractivity contribution in [1.29, 1.82) is 0 Å². The molecule has 1 amide bonds. The zero-order valence-corrected chi connectivity index (χ0v) is 16.1. The number of anilines is 1. The number of fused-ring (bicyclic) bond motifs is 1. The Labute approximate surface area is 158 Å². The van der Waals surface area contributed by atoms with Crippen LogP contribution in [0.2, 0.25) is 0 Å². The van der Waals surface area contributed by atoms with Crippen LogP contribution in [0.25, 0.3) is 0 Å². The van der Waals surface area contributed by atoms with Crippen LogP contribution in [-0.4, -0.2) is 48.3 Å². The van der Waals surface area contributed by atoms with E-state index in [1.54, 1.807) is 0 Å². The first kappa shape index (κ1) is 17.9. The number of hydrogen-bond acceptors (Lipinski definition) is 6. The smallest absolute Gasteiger partial charge is 0.251 e. The molecule has 1 aromatic rings. The molecule has 2 fully saturated rings. The zero-order valence-electron chi connectivity index (χ0n) is 14.5. The van der Waals surface area contributed by atoms with Gasteiger partial charge < -0.3 is 10.6 Å². The summed E-state index contributed by atoms with van der Waals surface area (Å²) in [4.78, 5) is 17.0. The van der Waals surface area contributed by atoms with E-state index in [9.17, 15) is 13.2 Å². The minimum absolute atomic E-state index is 0.0142. The number of thioether (sulfide) groups is 1. The lowest BCUT2D eigenvalue weighted by atomic mass is 9.95. The van der Waals surface area contributed by atoms with Gasteiger partial charge in [-0.15, -0.1) is 0 Å². The molecule has 2 N–H and O–H groups in total. The van der Waals surface area contributed by atoms with Crippen molar-refractivity contribution < 1.29 is 13.2 Å². The van der Waals surface area contributed by atoms with Crippen molar-refractivity contribution in [1.82, 2.24) is 5.32 Å². The van der Waals surface area contributed by atoms with Gasteiger partial charge in [-0.3, -0.25) is 9.79 Å². The van der Waals surface area contributed by atoms with E-state index in [2.05, 4.69) is 15.6 Å². The Morgan fingerprint density at radius 3 is 2.73 bits per heavy atom. The van der Waals surface area contributed by atoms with E-state index in [1.807, 2.05) is 24.3 Å². The van der Waals surface area contributed by atoms with Crippen LogP contribution in [0.4, 0.5) is 5.69 Å². The predicted octanol–water partition coefficient (Wildman–Crippen LogP) is 2.43. The average Bonchev–Trinajstić information content (AvgIpc) is 3.08. The van der Waals surface area contributed by atoms with E-state index in [0.29, 0.717) is 5.56 Å². The molecule has 0 aromatic heterocycles. The Balaban J connectivity index is 1.39. The molecule has 1 saturated heterocycles. The van der Waals surface area contributed by atoms with E-state index in [0.717, 1.165) is 23.7 Å². The Morgan fingerprint density at radius 2 is 1.96 bits per heavy atom. The van der Waals surface area contributed by atoms with Gasteiger partial charge in [-0.2, -0.15) is 0 Å². The molecule has 2 aliphatic heterocycles. The molecule has 6 nitrogen and oxygen atoms in total. The Kier molecular flexibility index (Phi) is 4.96. The lowest BCUT2D eigenvalue weighted by molar-refractivity contribution is 0.0927. The summed E-state index contributed by atoms with van der Waals surface area (Å²) in [5.41, 5.74) is 1.43. The van der Waals surface area contributed by atoms with Gasteiger partial charge in [-0.25, -0.2) is 8.42 Å². The van der Waals surface area contributed by atoms with Crippen LogP contribution in [0.1, 0.15) is 42.5 Å². The number of hydrogen-bond donors (Lipinski definition) is 2. The molecule has 8 heteroatoms. The first-order valence-electron chi connectivity index (χ1n) is 9.11. The highest BCUT2D eigenvalue weighted by Crippen LogP contribution is 2.34. The first-order chi connectivity index (χ1) is 12.5. The third kappa shape index (κ3) is 4.06. The van der Waals surface area contributed by atoms with E-state index in [4.69, 9.17) is 0 Å². The van der Waals surface area contributed by atoms with E-state index in [-0.39, 0.29) is 34.7 Å². The monoisotopic (exact) mass is 393 g/mol. The molecule has 0 unspecified atom stereocenters. The maximum atomic E-state index is 12.5. The average molecular weight is 394 g/mol. The fraction of sp³-hybridized carbons (Fsp3) is 0.556. The fourth-order valence-electron chi connectivity index (χ4n) is 3.79. The van der Waals surface area contributed by atoms with E-state index in [1.165, 1.54) is 31.0 Å². The van der Waals surface area contributed by atoms with Crippen LogP contribution >= 0.6 is 11.8 Å². The molecular weight excluding hydrogens is 370 g/mol. The zero-order chi connectivity index (χ0) is 18.1. The normalized spacial score (nSPS) is 27.6. The summed E-state index contributed by atoms with van der Waals surface area (Å²) in [6.45, 7) is 0. The molecule has 2 atom stereocenters. The SMILES string of the molecule is O=C(NC1CCCCC1)c1cccc(NC2=N[C@H]3CS(=O)(=O)C[C@H]3S2)c1. The van der Waals surface area contributed by atoms with Crippen LogP contribution in [0.15, 0.2) is 29.3 Å². The number of carbonyl (C=O) groups is 1. The minimum Gasteiger partial charge on any atom is -0.349 e. The topological polar surface area (TPSA) is 87.6 Å². The molecule has 2 heterocycles. The summed E-state index contributed by atoms with van der Waals surface area (Å²) in [6, 6.07) is 7.52. The van der Waals surface area contributed by atoms with Crippen molar-refractivity contribution in [3.05, 3.63) is 29.8 Å². The third-order valence-electron chi connectivity index (χ3n) is 5.13. The molecule has 1 aromatic carbocycles. The summed E-state index contributed by atoms with van der Waals surface area (Å²) in [5, 5.41) is 7.11. The summed E-state index contributed by atoms with van der Waals surface area (Å²) in [7, 11) is -2.94. The van der Waals surface area contributed by atoms with Crippen molar-refractivity contribution in [2.24, 2.45) is 4.99 Å². The molecule has 0 spiro atoms. The van der Waals surface area contributed by atoms with Gasteiger partial charge in [-0.05, 0) is 31.0 Å². The quantitative estimate of drug-likeness (QED) is 0.823. The van der Waals surface area contributed by atoms with Gasteiger partial charge in [0.1, 0.15) is 0 Å². The highest BCUT2D eigenvalue weighted by Gasteiger charge is 2.42. The molecule has 1 saturated carbocycles. The standard InChI is InChI=1S/C18H23N3O3S2/c22-17(19-13-6-2-1-3-7-13)12-5-4-8-14(9-12)20-18-21-15-10-26(23,24)11-16(15)25-18/h4-5,8-9,13,15-16H,1-3,6-7,10-11H2,(H,19,22)(H,20,21)/t15-,16+/m0/s1. The van der Waals surface area contributed by atoms with Crippen molar-refractivity contribution >= 4 is 38.4 Å². The number of nitrogens with zero attached hydrogens (tertiary/aromatic N) is 1. The van der Waals surface area contributed by atoms with Crippen LogP contribution < -0.4 is 10.6 Å². The molecule has 4 rings (SSSR count). The van der Waals surface area contributed by atoms with E-state index < -0.39 is 9.84 Å². The van der Waals surface area contributed by atoms with E-state index >= 15 is 0 Å². The van der Waals surface area contributed by atoms with Crippen LogP contribution in [-0.2, 0) is 9.84 Å². The number of carbonyl (C=O) groups excluding carboxylic acids is 1. The van der Waals surface area contributed by atoms with Gasteiger partial charge in [0.05, 0.1) is 17.5 Å². The second-order valence-corrected chi connectivity index (χ2v) is 10.6. The maximum Gasteiger partial charge on any atom is 0.251 e. The van der Waals surface area contributed by atoms with Crippen molar-refractivity contribution in [3.8, 4) is 0 Å². The summed E-state index contributed by atoms with van der Waals surface area (Å²) in [6.07, 6.45) is 5.74. The fourth-order valence-corrected chi connectivity index (χ4v) is 7.47. The third-order valence-corrected chi connectivity index (χ3v) is 8.28. The molecule has 140 valence electrons. The van der Waals surface area contributed by atoms with Gasteiger partial charge in [0.2, 0.25) is 0 Å². The molecular formula is C18H23N3O3S2.